The van der Waals surface area contributed by atoms with Crippen molar-refractivity contribution in [2.75, 3.05) is 7.05 Å². The molecule has 0 saturated heterocycles. The Morgan fingerprint density at radius 2 is 2.05 bits per heavy atom. The van der Waals surface area contributed by atoms with Gasteiger partial charge in [0.2, 0.25) is 0 Å². The van der Waals surface area contributed by atoms with Crippen LogP contribution in [0.5, 0.6) is 0 Å². The van der Waals surface area contributed by atoms with Crippen LogP contribution in [0.15, 0.2) is 39.5 Å². The van der Waals surface area contributed by atoms with Crippen molar-refractivity contribution in [2.24, 2.45) is 0 Å². The van der Waals surface area contributed by atoms with Crippen LogP contribution >= 0.6 is 27.3 Å². The fourth-order valence-electron chi connectivity index (χ4n) is 1.86. The molecular weight excluding hydrogens is 328 g/mol. The molecule has 0 amide bonds. The molecule has 1 aromatic carbocycles. The Bertz CT molecular complexity index is 572. The van der Waals surface area contributed by atoms with Crippen molar-refractivity contribution in [2.45, 2.75) is 13.1 Å². The lowest BCUT2D eigenvalue weighted by Crippen LogP contribution is -2.16. The maximum atomic E-state index is 10.9. The van der Waals surface area contributed by atoms with Crippen molar-refractivity contribution in [3.8, 4) is 0 Å². The predicted molar refractivity (Wildman–Crippen MR) is 80.3 cm³/mol. The number of nitro benzene ring substituents is 1. The van der Waals surface area contributed by atoms with Crippen LogP contribution in [-0.2, 0) is 13.1 Å². The Hall–Kier alpha value is -1.24. The zero-order valence-electron chi connectivity index (χ0n) is 10.4. The molecule has 0 saturated carbocycles. The topological polar surface area (TPSA) is 46.4 Å². The third-order valence-electron chi connectivity index (χ3n) is 2.69. The van der Waals surface area contributed by atoms with E-state index in [-0.39, 0.29) is 10.6 Å². The first-order chi connectivity index (χ1) is 9.06. The molecule has 0 atom stereocenters. The molecule has 1 heterocycles. The number of halogens is 1. The Morgan fingerprint density at radius 3 is 2.68 bits per heavy atom. The van der Waals surface area contributed by atoms with Crippen molar-refractivity contribution < 1.29 is 4.92 Å². The van der Waals surface area contributed by atoms with Crippen LogP contribution in [0.1, 0.15) is 11.1 Å². The van der Waals surface area contributed by atoms with E-state index in [4.69, 9.17) is 0 Å². The van der Waals surface area contributed by atoms with E-state index in [1.54, 1.807) is 23.5 Å². The average molecular weight is 341 g/mol. The number of hydrogen-bond acceptors (Lipinski definition) is 4. The summed E-state index contributed by atoms with van der Waals surface area (Å²) < 4.78 is 0.515. The quantitative estimate of drug-likeness (QED) is 0.609. The molecule has 0 aliphatic rings. The van der Waals surface area contributed by atoms with Crippen LogP contribution in [0, 0.1) is 10.1 Å². The number of nitro groups is 1. The van der Waals surface area contributed by atoms with Crippen molar-refractivity contribution in [3.63, 3.8) is 0 Å². The summed E-state index contributed by atoms with van der Waals surface area (Å²) in [5.74, 6) is 0. The van der Waals surface area contributed by atoms with Crippen LogP contribution in [0.2, 0.25) is 0 Å². The van der Waals surface area contributed by atoms with Gasteiger partial charge in [-0.3, -0.25) is 15.0 Å². The van der Waals surface area contributed by atoms with E-state index in [9.17, 15) is 10.1 Å². The zero-order chi connectivity index (χ0) is 13.8. The molecule has 0 spiro atoms. The standard InChI is InChI=1S/C13H13BrN2O2S/c1-15(8-11-4-5-19-9-11)7-10-2-3-12(14)13(6-10)16(17)18/h2-6,9H,7-8H2,1H3. The monoisotopic (exact) mass is 340 g/mol. The van der Waals surface area contributed by atoms with Crippen LogP contribution < -0.4 is 0 Å². The van der Waals surface area contributed by atoms with Crippen molar-refractivity contribution >= 4 is 33.0 Å². The van der Waals surface area contributed by atoms with Crippen molar-refractivity contribution in [3.05, 3.63) is 60.7 Å². The summed E-state index contributed by atoms with van der Waals surface area (Å²) in [5, 5.41) is 15.0. The van der Waals surface area contributed by atoms with Crippen LogP contribution in [0.25, 0.3) is 0 Å². The summed E-state index contributed by atoms with van der Waals surface area (Å²) in [5.41, 5.74) is 2.31. The summed E-state index contributed by atoms with van der Waals surface area (Å²) in [7, 11) is 2.01. The molecule has 0 bridgehead atoms. The van der Waals surface area contributed by atoms with Gasteiger partial charge in [-0.25, -0.2) is 0 Å². The van der Waals surface area contributed by atoms with E-state index >= 15 is 0 Å². The summed E-state index contributed by atoms with van der Waals surface area (Å²) in [4.78, 5) is 12.6. The van der Waals surface area contributed by atoms with Gasteiger partial charge < -0.3 is 0 Å². The number of rotatable bonds is 5. The molecule has 0 aliphatic carbocycles. The highest BCUT2D eigenvalue weighted by atomic mass is 79.9. The average Bonchev–Trinajstić information content (AvgIpc) is 2.84. The third-order valence-corrected chi connectivity index (χ3v) is 4.09. The van der Waals surface area contributed by atoms with Gasteiger partial charge in [-0.05, 0) is 57.0 Å². The maximum absolute atomic E-state index is 10.9. The van der Waals surface area contributed by atoms with Gasteiger partial charge >= 0.3 is 0 Å². The highest BCUT2D eigenvalue weighted by Crippen LogP contribution is 2.26. The highest BCUT2D eigenvalue weighted by Gasteiger charge is 2.13. The van der Waals surface area contributed by atoms with E-state index in [0.29, 0.717) is 11.0 Å². The molecular formula is C13H13BrN2O2S. The third kappa shape index (κ3) is 3.86. The summed E-state index contributed by atoms with van der Waals surface area (Å²) >= 11 is 4.87. The highest BCUT2D eigenvalue weighted by molar-refractivity contribution is 9.10. The lowest BCUT2D eigenvalue weighted by Gasteiger charge is -2.15. The second-order valence-corrected chi connectivity index (χ2v) is 5.98. The Balaban J connectivity index is 2.06. The summed E-state index contributed by atoms with van der Waals surface area (Å²) in [6.07, 6.45) is 0. The van der Waals surface area contributed by atoms with E-state index in [1.165, 1.54) is 5.56 Å². The van der Waals surface area contributed by atoms with Gasteiger partial charge in [-0.15, -0.1) is 0 Å². The van der Waals surface area contributed by atoms with E-state index in [0.717, 1.165) is 12.1 Å². The molecule has 2 rings (SSSR count). The van der Waals surface area contributed by atoms with E-state index < -0.39 is 0 Å². The molecule has 0 radical (unpaired) electrons. The van der Waals surface area contributed by atoms with Gasteiger partial charge in [-0.2, -0.15) is 11.3 Å². The largest absolute Gasteiger partial charge is 0.298 e. The fourth-order valence-corrected chi connectivity index (χ4v) is 2.91. The first-order valence-electron chi connectivity index (χ1n) is 5.68. The maximum Gasteiger partial charge on any atom is 0.283 e. The molecule has 0 fully saturated rings. The summed E-state index contributed by atoms with van der Waals surface area (Å²) in [6, 6.07) is 7.34. The van der Waals surface area contributed by atoms with Gasteiger partial charge in [0, 0.05) is 19.2 Å². The zero-order valence-corrected chi connectivity index (χ0v) is 12.8. The Labute approximate surface area is 124 Å². The van der Waals surface area contributed by atoms with E-state index in [1.807, 2.05) is 18.5 Å². The van der Waals surface area contributed by atoms with Gasteiger partial charge in [0.1, 0.15) is 0 Å². The molecule has 6 heteroatoms. The van der Waals surface area contributed by atoms with Crippen LogP contribution in [-0.4, -0.2) is 16.9 Å². The summed E-state index contributed by atoms with van der Waals surface area (Å²) in [6.45, 7) is 1.53. The minimum absolute atomic E-state index is 0.112. The van der Waals surface area contributed by atoms with Crippen LogP contribution in [0.4, 0.5) is 5.69 Å². The fraction of sp³-hybridized carbons (Fsp3) is 0.231. The molecule has 2 aromatic rings. The SMILES string of the molecule is CN(Cc1ccsc1)Cc1ccc(Br)c([N+](=O)[O-])c1. The molecule has 19 heavy (non-hydrogen) atoms. The first kappa shape index (κ1) is 14.2. The Kier molecular flexibility index (Phi) is 4.68. The normalized spacial score (nSPS) is 10.9. The van der Waals surface area contributed by atoms with Gasteiger partial charge in [-0.1, -0.05) is 6.07 Å². The minimum atomic E-state index is -0.369. The van der Waals surface area contributed by atoms with Crippen LogP contribution in [0.3, 0.4) is 0 Å². The van der Waals surface area contributed by atoms with Gasteiger partial charge in [0.25, 0.3) is 5.69 Å². The number of benzene rings is 1. The first-order valence-corrected chi connectivity index (χ1v) is 7.42. The molecule has 100 valence electrons. The van der Waals surface area contributed by atoms with Gasteiger partial charge in [0.05, 0.1) is 9.40 Å². The molecule has 0 aliphatic heterocycles. The second kappa shape index (κ2) is 6.27. The minimum Gasteiger partial charge on any atom is -0.298 e. The molecule has 0 unspecified atom stereocenters. The van der Waals surface area contributed by atoms with Crippen molar-refractivity contribution in [1.29, 1.82) is 0 Å². The molecule has 4 nitrogen and oxygen atoms in total. The lowest BCUT2D eigenvalue weighted by molar-refractivity contribution is -0.385. The van der Waals surface area contributed by atoms with Crippen molar-refractivity contribution in [1.82, 2.24) is 4.90 Å². The number of thiophene rings is 1. The number of nitrogens with zero attached hydrogens (tertiary/aromatic N) is 2. The predicted octanol–water partition coefficient (Wildman–Crippen LogP) is 4.05. The molecule has 0 N–H and O–H groups in total. The molecule has 1 aromatic heterocycles. The van der Waals surface area contributed by atoms with E-state index in [2.05, 4.69) is 32.3 Å². The van der Waals surface area contributed by atoms with Gasteiger partial charge in [0.15, 0.2) is 0 Å². The number of hydrogen-bond donors (Lipinski definition) is 0. The Morgan fingerprint density at radius 1 is 1.32 bits per heavy atom. The smallest absolute Gasteiger partial charge is 0.283 e. The lowest BCUT2D eigenvalue weighted by atomic mass is 10.2. The second-order valence-electron chi connectivity index (χ2n) is 4.35.